The van der Waals surface area contributed by atoms with E-state index >= 15 is 0 Å². The van der Waals surface area contributed by atoms with Crippen molar-refractivity contribution in [1.82, 2.24) is 5.43 Å². The Labute approximate surface area is 62.1 Å². The summed E-state index contributed by atoms with van der Waals surface area (Å²) in [5, 5.41) is 0. The smallest absolute Gasteiger partial charge is 0.0442 e. The molecule has 2 heteroatoms. The van der Waals surface area contributed by atoms with Gasteiger partial charge in [0.2, 0.25) is 0 Å². The Morgan fingerprint density at radius 2 is 2.20 bits per heavy atom. The fourth-order valence-corrected chi connectivity index (χ4v) is 0.455. The Morgan fingerprint density at radius 3 is 2.60 bits per heavy atom. The predicted molar refractivity (Wildman–Crippen MR) is 45.0 cm³/mol. The van der Waals surface area contributed by atoms with Gasteiger partial charge in [0.25, 0.3) is 0 Å². The first-order valence-electron chi connectivity index (χ1n) is 3.17. The third-order valence-electron chi connectivity index (χ3n) is 1.19. The van der Waals surface area contributed by atoms with Crippen LogP contribution < -0.4 is 11.3 Å². The van der Waals surface area contributed by atoms with Gasteiger partial charge in [-0.05, 0) is 19.4 Å². The van der Waals surface area contributed by atoms with Crippen molar-refractivity contribution in [3.05, 3.63) is 36.1 Å². The number of allylic oxidation sites excluding steroid dienone is 4. The molecule has 0 fully saturated rings. The van der Waals surface area contributed by atoms with E-state index in [0.717, 1.165) is 11.3 Å². The lowest BCUT2D eigenvalue weighted by Crippen LogP contribution is -2.20. The summed E-state index contributed by atoms with van der Waals surface area (Å²) in [4.78, 5) is 0. The summed E-state index contributed by atoms with van der Waals surface area (Å²) in [6.45, 7) is 7.60. The van der Waals surface area contributed by atoms with Gasteiger partial charge in [0.05, 0.1) is 0 Å². The lowest BCUT2D eigenvalue weighted by molar-refractivity contribution is 0.900. The minimum Gasteiger partial charge on any atom is -0.324 e. The fraction of sp³-hybridized carbons (Fsp3) is 0.250. The summed E-state index contributed by atoms with van der Waals surface area (Å²) in [6.07, 6.45) is 5.84. The molecule has 0 aromatic carbocycles. The minimum absolute atomic E-state index is 0.748. The maximum absolute atomic E-state index is 5.13. The highest BCUT2D eigenvalue weighted by molar-refractivity contribution is 5.27. The summed E-state index contributed by atoms with van der Waals surface area (Å²) >= 11 is 0. The highest BCUT2D eigenvalue weighted by Gasteiger charge is 1.88. The van der Waals surface area contributed by atoms with Crippen LogP contribution in [0, 0.1) is 0 Å². The van der Waals surface area contributed by atoms with E-state index in [1.54, 1.807) is 0 Å². The van der Waals surface area contributed by atoms with Crippen molar-refractivity contribution < 1.29 is 0 Å². The van der Waals surface area contributed by atoms with Gasteiger partial charge in [0.1, 0.15) is 0 Å². The standard InChI is InChI=1S/C8H14N2/c1-4-5-6-7(2)8(3)10-9/h4-6,10H,3,9H2,1-2H3/b5-4-,7-6-. The molecule has 0 radical (unpaired) electrons. The molecule has 0 unspecified atom stereocenters. The first-order chi connectivity index (χ1) is 4.72. The van der Waals surface area contributed by atoms with E-state index in [1.807, 2.05) is 32.1 Å². The third-order valence-corrected chi connectivity index (χ3v) is 1.19. The van der Waals surface area contributed by atoms with Gasteiger partial charge in [-0.3, -0.25) is 5.84 Å². The van der Waals surface area contributed by atoms with Crippen LogP contribution in [0.15, 0.2) is 36.1 Å². The lowest BCUT2D eigenvalue weighted by Gasteiger charge is -2.01. The van der Waals surface area contributed by atoms with Crippen LogP contribution in [-0.2, 0) is 0 Å². The molecule has 3 N–H and O–H groups in total. The monoisotopic (exact) mass is 138 g/mol. The number of hydrogen-bond donors (Lipinski definition) is 2. The van der Waals surface area contributed by atoms with Crippen LogP contribution in [0.1, 0.15) is 13.8 Å². The molecule has 0 aromatic rings. The van der Waals surface area contributed by atoms with Crippen LogP contribution in [-0.4, -0.2) is 0 Å². The molecule has 56 valence electrons. The van der Waals surface area contributed by atoms with Gasteiger partial charge in [-0.2, -0.15) is 0 Å². The summed E-state index contributed by atoms with van der Waals surface area (Å²) in [7, 11) is 0. The average Bonchev–Trinajstić information content (AvgIpc) is 1.98. The molecule has 0 aliphatic rings. The molecule has 0 aliphatic heterocycles. The van der Waals surface area contributed by atoms with Crippen LogP contribution in [0.5, 0.6) is 0 Å². The predicted octanol–water partition coefficient (Wildman–Crippen LogP) is 1.49. The zero-order valence-electron chi connectivity index (χ0n) is 6.52. The van der Waals surface area contributed by atoms with Gasteiger partial charge in [-0.1, -0.05) is 24.8 Å². The van der Waals surface area contributed by atoms with Crippen molar-refractivity contribution in [2.45, 2.75) is 13.8 Å². The normalized spacial score (nSPS) is 12.1. The first kappa shape index (κ1) is 8.98. The van der Waals surface area contributed by atoms with Crippen molar-refractivity contribution in [1.29, 1.82) is 0 Å². The number of nitrogens with two attached hydrogens (primary N) is 1. The van der Waals surface area contributed by atoms with Crippen LogP contribution >= 0.6 is 0 Å². The Morgan fingerprint density at radius 1 is 1.60 bits per heavy atom. The Hall–Kier alpha value is -1.02. The highest BCUT2D eigenvalue weighted by atomic mass is 15.2. The van der Waals surface area contributed by atoms with E-state index in [2.05, 4.69) is 12.0 Å². The van der Waals surface area contributed by atoms with Gasteiger partial charge < -0.3 is 5.43 Å². The Balaban J connectivity index is 4.05. The van der Waals surface area contributed by atoms with Gasteiger partial charge >= 0.3 is 0 Å². The second-order valence-electron chi connectivity index (χ2n) is 2.00. The molecule has 0 spiro atoms. The van der Waals surface area contributed by atoms with Crippen molar-refractivity contribution in [2.24, 2.45) is 5.84 Å². The lowest BCUT2D eigenvalue weighted by atomic mass is 10.2. The zero-order valence-corrected chi connectivity index (χ0v) is 6.52. The number of hydrogen-bond acceptors (Lipinski definition) is 2. The minimum atomic E-state index is 0.748. The van der Waals surface area contributed by atoms with Gasteiger partial charge in [-0.15, -0.1) is 0 Å². The number of rotatable bonds is 3. The molecular formula is C8H14N2. The molecular weight excluding hydrogens is 124 g/mol. The van der Waals surface area contributed by atoms with Crippen molar-refractivity contribution in [3.8, 4) is 0 Å². The molecule has 0 rings (SSSR count). The Kier molecular flexibility index (Phi) is 4.33. The van der Waals surface area contributed by atoms with E-state index < -0.39 is 0 Å². The molecule has 0 heterocycles. The van der Waals surface area contributed by atoms with Crippen LogP contribution in [0.4, 0.5) is 0 Å². The second-order valence-corrected chi connectivity index (χ2v) is 2.00. The molecule has 10 heavy (non-hydrogen) atoms. The topological polar surface area (TPSA) is 38.0 Å². The van der Waals surface area contributed by atoms with Crippen LogP contribution in [0.3, 0.4) is 0 Å². The highest BCUT2D eigenvalue weighted by Crippen LogP contribution is 2.00. The maximum Gasteiger partial charge on any atom is 0.0442 e. The number of nitrogens with one attached hydrogen (secondary N) is 1. The van der Waals surface area contributed by atoms with Crippen LogP contribution in [0.2, 0.25) is 0 Å². The molecule has 0 amide bonds. The average molecular weight is 138 g/mol. The quantitative estimate of drug-likeness (QED) is 0.352. The van der Waals surface area contributed by atoms with E-state index in [-0.39, 0.29) is 0 Å². The molecule has 0 bridgehead atoms. The summed E-state index contributed by atoms with van der Waals surface area (Å²) in [5.41, 5.74) is 4.27. The summed E-state index contributed by atoms with van der Waals surface area (Å²) < 4.78 is 0. The largest absolute Gasteiger partial charge is 0.324 e. The first-order valence-corrected chi connectivity index (χ1v) is 3.17. The molecule has 0 aliphatic carbocycles. The SMILES string of the molecule is C=C(NN)/C(C)=C\C=C/C. The van der Waals surface area contributed by atoms with Gasteiger partial charge in [0, 0.05) is 5.70 Å². The van der Waals surface area contributed by atoms with Crippen LogP contribution in [0.25, 0.3) is 0 Å². The fourth-order valence-electron chi connectivity index (χ4n) is 0.455. The molecule has 0 atom stereocenters. The molecule has 0 aromatic heterocycles. The maximum atomic E-state index is 5.13. The van der Waals surface area contributed by atoms with Gasteiger partial charge in [-0.25, -0.2) is 0 Å². The molecule has 2 nitrogen and oxygen atoms in total. The summed E-state index contributed by atoms with van der Waals surface area (Å²) in [5.74, 6) is 5.13. The van der Waals surface area contributed by atoms with Gasteiger partial charge in [0.15, 0.2) is 0 Å². The van der Waals surface area contributed by atoms with Crippen molar-refractivity contribution in [2.75, 3.05) is 0 Å². The van der Waals surface area contributed by atoms with Crippen molar-refractivity contribution >= 4 is 0 Å². The third kappa shape index (κ3) is 3.10. The van der Waals surface area contributed by atoms with E-state index in [1.165, 1.54) is 0 Å². The summed E-state index contributed by atoms with van der Waals surface area (Å²) in [6, 6.07) is 0. The zero-order chi connectivity index (χ0) is 7.98. The molecule has 0 saturated heterocycles. The molecule has 0 saturated carbocycles. The van der Waals surface area contributed by atoms with E-state index in [9.17, 15) is 0 Å². The van der Waals surface area contributed by atoms with E-state index in [0.29, 0.717) is 0 Å². The van der Waals surface area contributed by atoms with Crippen molar-refractivity contribution in [3.63, 3.8) is 0 Å². The van der Waals surface area contributed by atoms with E-state index in [4.69, 9.17) is 5.84 Å². The number of hydrazine groups is 1. The second kappa shape index (κ2) is 4.82. The Bertz CT molecular complexity index is 166.